The number of rotatable bonds is 20. The van der Waals surface area contributed by atoms with E-state index < -0.39 is 124 Å². The van der Waals surface area contributed by atoms with E-state index in [9.17, 15) is 65.0 Å². The Morgan fingerprint density at radius 2 is 1.35 bits per heavy atom. The molecule has 0 bridgehead atoms. The van der Waals surface area contributed by atoms with Crippen molar-refractivity contribution in [2.75, 3.05) is 33.0 Å². The van der Waals surface area contributed by atoms with Crippen molar-refractivity contribution in [3.63, 3.8) is 0 Å². The SMILES string of the molecule is O=C(c1ccc(F)cc1)c1csc([C@@H]2CCCN2C(=O)OCc2cn(CCCCCCO[C@@H]3OC(CO)[C@@H](O[C@@H]4OC(CO)[C@@H](O[C@@H]5OC(CO)[C@@H](O)[C@H](O)C5O)[C@H](O)C4O)[C@H](O)C3O)nn2)n1. The summed E-state index contributed by atoms with van der Waals surface area (Å²) in [6.45, 7) is -1.35. The number of aliphatic hydroxyl groups excluding tert-OH is 10. The first-order chi connectivity index (χ1) is 32.7. The molecule has 4 fully saturated rings. The van der Waals surface area contributed by atoms with Gasteiger partial charge in [-0.2, -0.15) is 0 Å². The topological polar surface area (TPSA) is 348 Å². The molecule has 1 amide bonds. The van der Waals surface area contributed by atoms with E-state index >= 15 is 0 Å². The summed E-state index contributed by atoms with van der Waals surface area (Å²) in [6, 6.07) is 4.87. The third kappa shape index (κ3) is 12.0. The largest absolute Gasteiger partial charge is 0.443 e. The Morgan fingerprint density at radius 3 is 2.01 bits per heavy atom. The van der Waals surface area contributed by atoms with Crippen LogP contribution in [0.1, 0.15) is 71.3 Å². The Labute approximate surface area is 391 Å². The zero-order valence-corrected chi connectivity index (χ0v) is 37.4. The fraction of sp³-hybridized carbons (Fsp3) is 0.690. The molecule has 68 heavy (non-hydrogen) atoms. The number of hydrogen-bond acceptors (Lipinski definition) is 23. The van der Waals surface area contributed by atoms with Gasteiger partial charge in [0.1, 0.15) is 102 Å². The summed E-state index contributed by atoms with van der Waals surface area (Å²) in [5.41, 5.74) is 0.987. The van der Waals surface area contributed by atoms with E-state index in [1.54, 1.807) is 21.2 Å². The van der Waals surface area contributed by atoms with Crippen molar-refractivity contribution in [2.24, 2.45) is 0 Å². The maximum absolute atomic E-state index is 13.3. The number of carbonyl (C=O) groups excluding carboxylic acids is 2. The zero-order chi connectivity index (χ0) is 48.6. The van der Waals surface area contributed by atoms with Crippen LogP contribution in [-0.4, -0.2) is 213 Å². The lowest BCUT2D eigenvalue weighted by atomic mass is 9.96. The molecule has 4 aliphatic rings. The molecule has 4 saturated heterocycles. The average Bonchev–Trinajstić information content (AvgIpc) is 4.14. The van der Waals surface area contributed by atoms with Gasteiger partial charge in [-0.3, -0.25) is 14.4 Å². The van der Waals surface area contributed by atoms with Crippen LogP contribution in [0.2, 0.25) is 0 Å². The van der Waals surface area contributed by atoms with Crippen LogP contribution in [0.25, 0.3) is 0 Å². The number of ether oxygens (including phenoxy) is 7. The first-order valence-corrected chi connectivity index (χ1v) is 23.2. The fourth-order valence-corrected chi connectivity index (χ4v) is 9.32. The van der Waals surface area contributed by atoms with E-state index in [1.165, 1.54) is 35.6 Å². The summed E-state index contributed by atoms with van der Waals surface area (Å²) in [5, 5.41) is 114. The lowest BCUT2D eigenvalue weighted by molar-refractivity contribution is -0.379. The van der Waals surface area contributed by atoms with Crippen LogP contribution in [0.4, 0.5) is 9.18 Å². The monoisotopic (exact) mass is 987 g/mol. The summed E-state index contributed by atoms with van der Waals surface area (Å²) >= 11 is 1.27. The molecular formula is C42H58FN5O19S. The molecule has 0 radical (unpaired) electrons. The molecule has 16 atom stereocenters. The molecule has 2 aromatic heterocycles. The maximum atomic E-state index is 13.3. The first kappa shape index (κ1) is 52.1. The van der Waals surface area contributed by atoms with E-state index in [0.717, 1.165) is 12.8 Å². The molecule has 3 aromatic rings. The summed E-state index contributed by atoms with van der Waals surface area (Å²) in [6.07, 6.45) is -19.6. The van der Waals surface area contributed by atoms with Gasteiger partial charge in [-0.15, -0.1) is 16.4 Å². The first-order valence-electron chi connectivity index (χ1n) is 22.3. The summed E-state index contributed by atoms with van der Waals surface area (Å²) in [4.78, 5) is 32.0. The molecule has 4 aliphatic heterocycles. The van der Waals surface area contributed by atoms with Crippen molar-refractivity contribution in [1.82, 2.24) is 24.9 Å². The van der Waals surface area contributed by atoms with Crippen molar-refractivity contribution in [1.29, 1.82) is 0 Å². The normalized spacial score (nSPS) is 34.3. The van der Waals surface area contributed by atoms with Gasteiger partial charge in [0.15, 0.2) is 18.9 Å². The van der Waals surface area contributed by atoms with Gasteiger partial charge in [-0.05, 0) is 49.9 Å². The molecule has 24 nitrogen and oxygen atoms in total. The number of carbonyl (C=O) groups is 2. The number of hydrogen-bond donors (Lipinski definition) is 10. The molecule has 378 valence electrons. The van der Waals surface area contributed by atoms with Gasteiger partial charge >= 0.3 is 6.09 Å². The van der Waals surface area contributed by atoms with Crippen LogP contribution in [0.15, 0.2) is 35.8 Å². The molecule has 7 rings (SSSR count). The van der Waals surface area contributed by atoms with Crippen LogP contribution in [-0.2, 0) is 46.3 Å². The quantitative estimate of drug-likeness (QED) is 0.0417. The Hall–Kier alpha value is -3.78. The number of thiazole rings is 1. The van der Waals surface area contributed by atoms with Crippen LogP contribution < -0.4 is 0 Å². The molecule has 26 heteroatoms. The van der Waals surface area contributed by atoms with Crippen LogP contribution in [0, 0.1) is 5.82 Å². The summed E-state index contributed by atoms with van der Waals surface area (Å²) in [5.74, 6) is -0.785. The predicted octanol–water partition coefficient (Wildman–Crippen LogP) is -2.40. The lowest BCUT2D eigenvalue weighted by Gasteiger charge is -2.48. The number of likely N-dealkylation sites (tertiary alicyclic amines) is 1. The highest BCUT2D eigenvalue weighted by Gasteiger charge is 2.53. The van der Waals surface area contributed by atoms with Crippen molar-refractivity contribution in [3.8, 4) is 0 Å². The number of ketones is 1. The van der Waals surface area contributed by atoms with E-state index in [0.29, 0.717) is 55.0 Å². The lowest BCUT2D eigenvalue weighted by Crippen LogP contribution is -2.66. The number of aryl methyl sites for hydroxylation is 1. The third-order valence-electron chi connectivity index (χ3n) is 12.2. The van der Waals surface area contributed by atoms with Crippen molar-refractivity contribution >= 4 is 23.2 Å². The van der Waals surface area contributed by atoms with E-state index in [2.05, 4.69) is 15.3 Å². The summed E-state index contributed by atoms with van der Waals surface area (Å²) in [7, 11) is 0. The smallest absolute Gasteiger partial charge is 0.410 e. The van der Waals surface area contributed by atoms with Gasteiger partial charge in [0.2, 0.25) is 5.78 Å². The molecule has 6 unspecified atom stereocenters. The van der Waals surface area contributed by atoms with Crippen molar-refractivity contribution in [2.45, 2.75) is 150 Å². The van der Waals surface area contributed by atoms with Gasteiger partial charge < -0.3 is 84.2 Å². The Balaban J connectivity index is 0.795. The molecule has 0 saturated carbocycles. The second-order valence-corrected chi connectivity index (χ2v) is 17.8. The van der Waals surface area contributed by atoms with Gasteiger partial charge in [-0.1, -0.05) is 18.1 Å². The second kappa shape index (κ2) is 23.9. The highest BCUT2D eigenvalue weighted by Crippen LogP contribution is 2.36. The van der Waals surface area contributed by atoms with E-state index in [4.69, 9.17) is 33.2 Å². The predicted molar refractivity (Wildman–Crippen MR) is 224 cm³/mol. The molecule has 10 N–H and O–H groups in total. The molecule has 0 aliphatic carbocycles. The number of unbranched alkanes of at least 4 members (excludes halogenated alkanes) is 3. The zero-order valence-electron chi connectivity index (χ0n) is 36.6. The maximum Gasteiger partial charge on any atom is 0.410 e. The van der Waals surface area contributed by atoms with Gasteiger partial charge in [0.25, 0.3) is 0 Å². The summed E-state index contributed by atoms with van der Waals surface area (Å²) < 4.78 is 54.1. The van der Waals surface area contributed by atoms with Gasteiger partial charge in [0, 0.05) is 30.6 Å². The van der Waals surface area contributed by atoms with Crippen LogP contribution in [0.5, 0.6) is 0 Å². The minimum Gasteiger partial charge on any atom is -0.443 e. The Bertz CT molecular complexity index is 2070. The third-order valence-corrected chi connectivity index (χ3v) is 13.1. The minimum absolute atomic E-state index is 0.101. The minimum atomic E-state index is -1.95. The number of amides is 1. The Kier molecular flexibility index (Phi) is 18.3. The van der Waals surface area contributed by atoms with Gasteiger partial charge in [-0.25, -0.2) is 14.2 Å². The highest BCUT2D eigenvalue weighted by atomic mass is 32.1. The number of aliphatic hydroxyl groups is 10. The highest BCUT2D eigenvalue weighted by molar-refractivity contribution is 7.10. The molecule has 6 heterocycles. The van der Waals surface area contributed by atoms with Crippen molar-refractivity contribution in [3.05, 3.63) is 63.6 Å². The van der Waals surface area contributed by atoms with Crippen molar-refractivity contribution < 1.29 is 98.2 Å². The number of halogens is 1. The second-order valence-electron chi connectivity index (χ2n) is 16.9. The average molecular weight is 988 g/mol. The number of benzene rings is 1. The van der Waals surface area contributed by atoms with Crippen LogP contribution >= 0.6 is 11.3 Å². The Morgan fingerprint density at radius 1 is 0.750 bits per heavy atom. The number of aromatic nitrogens is 4. The van der Waals surface area contributed by atoms with E-state index in [-0.39, 0.29) is 30.7 Å². The molecule has 0 spiro atoms. The number of nitrogens with zero attached hydrogens (tertiary/aromatic N) is 5. The fourth-order valence-electron chi connectivity index (χ4n) is 8.38. The van der Waals surface area contributed by atoms with Crippen LogP contribution in [0.3, 0.4) is 0 Å². The standard InChI is InChI=1S/C42H58FN5O19S/c43-21-9-7-20(8-10-21)28(52)23-19-68-38(44-23)24-6-5-12-48(24)42(60)62-18-22-14-47(46-45-22)11-3-1-2-4-13-61-39-34(58)31(55)36(26(16-50)64-39)67-41-35(59)32(56)37(27(17-51)65-41)66-40-33(57)30(54)29(53)25(15-49)63-40/h7-10,14,19,24-27,29-37,39-41,49-51,53-59H,1-6,11-13,15-18H2/t24-,25?,26?,27?,29+,30-,31+,32+,33?,34?,35?,36+,37+,39+,40-,41-/m0/s1. The van der Waals surface area contributed by atoms with E-state index in [1.807, 2.05) is 0 Å². The molecular weight excluding hydrogens is 930 g/mol. The molecule has 1 aromatic carbocycles. The van der Waals surface area contributed by atoms with Gasteiger partial charge in [0.05, 0.1) is 32.1 Å².